The average Bonchev–Trinajstić information content (AvgIpc) is 2.82. The van der Waals surface area contributed by atoms with Crippen LogP contribution in [0.5, 0.6) is 0 Å². The van der Waals surface area contributed by atoms with Crippen LogP contribution < -0.4 is 16.2 Å². The Bertz CT molecular complexity index is 1270. The molecule has 190 valence electrons. The molecule has 4 N–H and O–H groups in total. The van der Waals surface area contributed by atoms with Crippen LogP contribution in [-0.4, -0.2) is 44.8 Å². The number of H-pyrrole nitrogens is 1. The number of carboxylic acids is 1. The predicted octanol–water partition coefficient (Wildman–Crippen LogP) is 2.96. The van der Waals surface area contributed by atoms with Gasteiger partial charge in [-0.25, -0.2) is 4.98 Å². The number of rotatable bonds is 8. The Morgan fingerprint density at radius 3 is 2.44 bits per heavy atom. The lowest BCUT2D eigenvalue weighted by Gasteiger charge is -2.23. The normalized spacial score (nSPS) is 16.1. The maximum atomic E-state index is 13.0. The minimum absolute atomic E-state index is 0.194. The fourth-order valence-electron chi connectivity index (χ4n) is 3.30. The molecule has 2 aromatic rings. The maximum absolute atomic E-state index is 13.0. The van der Waals surface area contributed by atoms with E-state index < -0.39 is 52.5 Å². The van der Waals surface area contributed by atoms with Gasteiger partial charge < -0.3 is 20.7 Å². The Morgan fingerprint density at radius 1 is 1.19 bits per heavy atom. The number of aliphatic carboxylic acids is 1. The van der Waals surface area contributed by atoms with E-state index in [9.17, 15) is 32.3 Å². The molecule has 1 aromatic carbocycles. The minimum atomic E-state index is -4.53. The Balaban J connectivity index is 1.83. The maximum Gasteiger partial charge on any atom is 0.416 e. The topological polar surface area (TPSA) is 141 Å². The van der Waals surface area contributed by atoms with Gasteiger partial charge in [0, 0.05) is 12.7 Å². The van der Waals surface area contributed by atoms with E-state index in [4.69, 9.17) is 16.7 Å². The number of nitrogens with one attached hydrogen (secondary N) is 3. The number of hydrogen-bond acceptors (Lipinski definition) is 5. The van der Waals surface area contributed by atoms with Crippen molar-refractivity contribution in [2.45, 2.75) is 30.4 Å². The molecule has 1 heterocycles. The zero-order valence-corrected chi connectivity index (χ0v) is 19.2. The number of carboxylic acid groups (broad SMARTS) is 1. The summed E-state index contributed by atoms with van der Waals surface area (Å²) in [5, 5.41) is 13.2. The number of aromatic amines is 1. The molecule has 9 nitrogen and oxygen atoms in total. The first-order chi connectivity index (χ1) is 17.0. The number of amides is 2. The highest BCUT2D eigenvalue weighted by Crippen LogP contribution is 2.32. The van der Waals surface area contributed by atoms with Crippen LogP contribution in [0.2, 0.25) is 0 Å². The molecule has 0 bridgehead atoms. The summed E-state index contributed by atoms with van der Waals surface area (Å²) >= 11 is 6.05. The van der Waals surface area contributed by atoms with Crippen LogP contribution in [0.4, 0.5) is 13.2 Å². The largest absolute Gasteiger partial charge is 0.481 e. The number of nitrogens with zero attached hydrogens (tertiary/aromatic N) is 1. The average molecular weight is 525 g/mol. The molecule has 1 aliphatic carbocycles. The molecule has 0 saturated carbocycles. The second kappa shape index (κ2) is 11.2. The van der Waals surface area contributed by atoms with E-state index in [1.807, 2.05) is 0 Å². The number of allylic oxidation sites excluding steroid dienone is 2. The zero-order chi connectivity index (χ0) is 26.5. The Morgan fingerprint density at radius 2 is 1.89 bits per heavy atom. The lowest BCUT2D eigenvalue weighted by atomic mass is 9.93. The minimum Gasteiger partial charge on any atom is -0.481 e. The summed E-state index contributed by atoms with van der Waals surface area (Å²) in [7, 11) is 0. The van der Waals surface area contributed by atoms with E-state index in [1.54, 1.807) is 18.2 Å². The number of benzene rings is 1. The van der Waals surface area contributed by atoms with Crippen molar-refractivity contribution in [2.24, 2.45) is 0 Å². The van der Waals surface area contributed by atoms with E-state index in [1.165, 1.54) is 12.1 Å². The van der Waals surface area contributed by atoms with Crippen LogP contribution in [-0.2, 0) is 11.0 Å². The molecule has 0 saturated heterocycles. The van der Waals surface area contributed by atoms with Gasteiger partial charge in [-0.05, 0) is 29.7 Å². The summed E-state index contributed by atoms with van der Waals surface area (Å²) in [6, 6.07) is 3.32. The molecular formula is C23H20ClF3N4O5. The first-order valence-electron chi connectivity index (χ1n) is 10.6. The molecule has 2 amide bonds. The van der Waals surface area contributed by atoms with Crippen molar-refractivity contribution in [3.63, 3.8) is 0 Å². The fraction of sp³-hybridized carbons (Fsp3) is 0.261. The van der Waals surface area contributed by atoms with Crippen molar-refractivity contribution in [1.29, 1.82) is 0 Å². The molecule has 2 unspecified atom stereocenters. The molecule has 0 spiro atoms. The van der Waals surface area contributed by atoms with Gasteiger partial charge in [-0.15, -0.1) is 11.6 Å². The molecule has 36 heavy (non-hydrogen) atoms. The molecule has 13 heteroatoms. The molecule has 1 aliphatic rings. The van der Waals surface area contributed by atoms with Crippen LogP contribution in [0.25, 0.3) is 0 Å². The molecule has 3 rings (SSSR count). The van der Waals surface area contributed by atoms with E-state index in [0.29, 0.717) is 17.6 Å². The van der Waals surface area contributed by atoms with Gasteiger partial charge in [0.05, 0.1) is 23.4 Å². The Kier molecular flexibility index (Phi) is 8.30. The SMILES string of the molecule is O=C(O)CCNC(=O)c1ncc(C(=O)NC(C2=CCC(Cl)C=C2)c2ccc(C(F)(F)F)cc2)c(=O)[nH]1. The van der Waals surface area contributed by atoms with E-state index in [0.717, 1.165) is 18.3 Å². The lowest BCUT2D eigenvalue weighted by molar-refractivity contribution is -0.138. The van der Waals surface area contributed by atoms with Crippen molar-refractivity contribution in [3.8, 4) is 0 Å². The number of halogens is 4. The Labute approximate surface area is 207 Å². The van der Waals surface area contributed by atoms with Gasteiger partial charge in [-0.2, -0.15) is 13.2 Å². The van der Waals surface area contributed by atoms with Gasteiger partial charge in [0.15, 0.2) is 5.82 Å². The zero-order valence-electron chi connectivity index (χ0n) is 18.4. The van der Waals surface area contributed by atoms with Crippen LogP contribution in [0, 0.1) is 0 Å². The van der Waals surface area contributed by atoms with Gasteiger partial charge in [0.1, 0.15) is 5.56 Å². The van der Waals surface area contributed by atoms with Crippen LogP contribution in [0.15, 0.2) is 59.1 Å². The molecule has 0 aliphatic heterocycles. The summed E-state index contributed by atoms with van der Waals surface area (Å²) < 4.78 is 38.9. The molecule has 1 aromatic heterocycles. The third kappa shape index (κ3) is 6.81. The fourth-order valence-corrected chi connectivity index (χ4v) is 3.46. The number of carbonyl (C=O) groups is 3. The predicted molar refractivity (Wildman–Crippen MR) is 123 cm³/mol. The quantitative estimate of drug-likeness (QED) is 0.391. The summed E-state index contributed by atoms with van der Waals surface area (Å²) in [6.45, 7) is -0.194. The standard InChI is InChI=1S/C23H20ClF3N4O5/c24-15-7-3-13(4-8-15)18(12-1-5-14(6-2-12)23(25,26)27)30-20(34)16-11-29-19(31-21(16)35)22(36)28-10-9-17(32)33/h1-7,11,15,18H,8-10H2,(H,28,36)(H,30,34)(H,32,33)(H,29,31,35). The summed E-state index contributed by atoms with van der Waals surface area (Å²) in [5.41, 5.74) is -1.35. The van der Waals surface area contributed by atoms with Crippen molar-refractivity contribution < 1.29 is 32.7 Å². The smallest absolute Gasteiger partial charge is 0.416 e. The molecule has 2 atom stereocenters. The van der Waals surface area contributed by atoms with Crippen molar-refractivity contribution in [3.05, 3.63) is 87.1 Å². The highest BCUT2D eigenvalue weighted by molar-refractivity contribution is 6.22. The van der Waals surface area contributed by atoms with Crippen LogP contribution in [0.3, 0.4) is 0 Å². The van der Waals surface area contributed by atoms with Crippen molar-refractivity contribution in [1.82, 2.24) is 20.6 Å². The van der Waals surface area contributed by atoms with Gasteiger partial charge in [0.2, 0.25) is 0 Å². The van der Waals surface area contributed by atoms with Gasteiger partial charge in [-0.1, -0.05) is 30.4 Å². The van der Waals surface area contributed by atoms with Gasteiger partial charge >= 0.3 is 12.1 Å². The molecular weight excluding hydrogens is 505 g/mol. The van der Waals surface area contributed by atoms with Crippen LogP contribution >= 0.6 is 11.6 Å². The van der Waals surface area contributed by atoms with E-state index in [-0.39, 0.29) is 18.3 Å². The van der Waals surface area contributed by atoms with Crippen molar-refractivity contribution in [2.75, 3.05) is 6.54 Å². The van der Waals surface area contributed by atoms with Gasteiger partial charge in [-0.3, -0.25) is 19.2 Å². The highest BCUT2D eigenvalue weighted by atomic mass is 35.5. The van der Waals surface area contributed by atoms with Crippen molar-refractivity contribution >= 4 is 29.4 Å². The number of alkyl halides is 4. The Hall–Kier alpha value is -3.93. The third-order valence-electron chi connectivity index (χ3n) is 5.14. The highest BCUT2D eigenvalue weighted by Gasteiger charge is 2.31. The second-order valence-electron chi connectivity index (χ2n) is 7.72. The molecule has 0 fully saturated rings. The first kappa shape index (κ1) is 26.7. The number of carbonyl (C=O) groups excluding carboxylic acids is 2. The van der Waals surface area contributed by atoms with E-state index >= 15 is 0 Å². The summed E-state index contributed by atoms with van der Waals surface area (Å²) in [4.78, 5) is 53.8. The third-order valence-corrected chi connectivity index (χ3v) is 5.46. The summed E-state index contributed by atoms with van der Waals surface area (Å²) in [5.74, 6) is -3.27. The number of aromatic nitrogens is 2. The molecule has 0 radical (unpaired) electrons. The summed E-state index contributed by atoms with van der Waals surface area (Å²) in [6.07, 6.45) is 1.47. The van der Waals surface area contributed by atoms with E-state index in [2.05, 4.69) is 20.6 Å². The number of hydrogen-bond donors (Lipinski definition) is 4. The monoisotopic (exact) mass is 524 g/mol. The lowest BCUT2D eigenvalue weighted by Crippen LogP contribution is -2.36. The van der Waals surface area contributed by atoms with Crippen LogP contribution in [0.1, 0.15) is 51.0 Å². The van der Waals surface area contributed by atoms with Gasteiger partial charge in [0.25, 0.3) is 17.4 Å². The first-order valence-corrected chi connectivity index (χ1v) is 11.0. The second-order valence-corrected chi connectivity index (χ2v) is 8.28.